The molecule has 27 heavy (non-hydrogen) atoms. The molecule has 0 spiro atoms. The quantitative estimate of drug-likeness (QED) is 0.286. The van der Waals surface area contributed by atoms with Crippen LogP contribution in [0.4, 0.5) is 10.2 Å². The lowest BCUT2D eigenvalue weighted by Gasteiger charge is -2.09. The third kappa shape index (κ3) is 5.31. The number of nitrogens with zero attached hydrogens (tertiary/aromatic N) is 4. The van der Waals surface area contributed by atoms with Crippen LogP contribution in [0, 0.1) is 17.1 Å². The van der Waals surface area contributed by atoms with Crippen LogP contribution in [0.25, 0.3) is 5.69 Å². The van der Waals surface area contributed by atoms with Gasteiger partial charge in [-0.1, -0.05) is 6.08 Å². The van der Waals surface area contributed by atoms with E-state index in [2.05, 4.69) is 33.4 Å². The zero-order valence-electron chi connectivity index (χ0n) is 15.4. The number of nitrogens with one attached hydrogen (secondary N) is 2. The summed E-state index contributed by atoms with van der Waals surface area (Å²) >= 11 is 0. The summed E-state index contributed by atoms with van der Waals surface area (Å²) in [6.07, 6.45) is 3.03. The van der Waals surface area contributed by atoms with Crippen molar-refractivity contribution < 1.29 is 4.39 Å². The fourth-order valence-corrected chi connectivity index (χ4v) is 2.50. The van der Waals surface area contributed by atoms with Gasteiger partial charge in [0.15, 0.2) is 5.96 Å². The number of hydrogen-bond donors (Lipinski definition) is 3. The molecule has 0 unspecified atom stereocenters. The van der Waals surface area contributed by atoms with Gasteiger partial charge in [-0.25, -0.2) is 9.07 Å². The molecule has 7 nitrogen and oxygen atoms in total. The predicted octanol–water partition coefficient (Wildman–Crippen LogP) is 2.14. The Bertz CT molecular complexity index is 831. The number of benzene rings is 1. The average Bonchev–Trinajstić information content (AvgIpc) is 2.99. The van der Waals surface area contributed by atoms with Crippen LogP contribution in [0.15, 0.2) is 41.9 Å². The molecule has 8 heteroatoms. The first-order valence-electron chi connectivity index (χ1n) is 8.77. The van der Waals surface area contributed by atoms with Gasteiger partial charge in [0.25, 0.3) is 0 Å². The van der Waals surface area contributed by atoms with Gasteiger partial charge in [0, 0.05) is 19.6 Å². The number of aromatic nitrogens is 2. The van der Waals surface area contributed by atoms with E-state index in [-0.39, 0.29) is 11.6 Å². The van der Waals surface area contributed by atoms with Gasteiger partial charge in [-0.2, -0.15) is 10.4 Å². The fraction of sp³-hybridized carbons (Fsp3) is 0.316. The number of nitrogen functional groups attached to an aromatic ring is 1. The van der Waals surface area contributed by atoms with Gasteiger partial charge in [0.1, 0.15) is 23.3 Å². The molecule has 2 rings (SSSR count). The second-order valence-corrected chi connectivity index (χ2v) is 5.74. The molecule has 2 aromatic rings. The fourth-order valence-electron chi connectivity index (χ4n) is 2.50. The minimum atomic E-state index is -0.343. The second kappa shape index (κ2) is 9.97. The Morgan fingerprint density at radius 1 is 1.41 bits per heavy atom. The lowest BCUT2D eigenvalue weighted by molar-refractivity contribution is 0.627. The van der Waals surface area contributed by atoms with Crippen LogP contribution in [0.3, 0.4) is 0 Å². The van der Waals surface area contributed by atoms with Crippen molar-refractivity contribution in [2.75, 3.05) is 25.4 Å². The highest BCUT2D eigenvalue weighted by molar-refractivity contribution is 5.79. The van der Waals surface area contributed by atoms with E-state index in [1.54, 1.807) is 18.2 Å². The smallest absolute Gasteiger partial charge is 0.191 e. The van der Waals surface area contributed by atoms with Crippen LogP contribution in [-0.2, 0) is 6.42 Å². The van der Waals surface area contributed by atoms with Crippen molar-refractivity contribution >= 4 is 11.8 Å². The Kier molecular flexibility index (Phi) is 7.37. The number of nitriles is 1. The van der Waals surface area contributed by atoms with Gasteiger partial charge in [-0.3, -0.25) is 4.99 Å². The number of guanidine groups is 1. The molecule has 4 N–H and O–H groups in total. The summed E-state index contributed by atoms with van der Waals surface area (Å²) in [7, 11) is 0. The topological polar surface area (TPSA) is 104 Å². The molecule has 0 aliphatic rings. The Morgan fingerprint density at radius 2 is 2.15 bits per heavy atom. The zero-order valence-corrected chi connectivity index (χ0v) is 15.4. The standard InChI is InChI=1S/C19H24FN7/c1-3-11-24-19(23-4-2)25-12-5-6-17-16(13-21)18(22)27(26-17)15-9-7-14(20)8-10-15/h3,7-10H,1,4-6,11-12,22H2,2H3,(H2,23,24,25). The maximum Gasteiger partial charge on any atom is 0.191 e. The van der Waals surface area contributed by atoms with E-state index < -0.39 is 0 Å². The Balaban J connectivity index is 2.08. The van der Waals surface area contributed by atoms with Crippen molar-refractivity contribution in [2.45, 2.75) is 19.8 Å². The van der Waals surface area contributed by atoms with E-state index in [1.807, 2.05) is 6.92 Å². The van der Waals surface area contributed by atoms with E-state index in [9.17, 15) is 9.65 Å². The van der Waals surface area contributed by atoms with E-state index in [0.29, 0.717) is 48.8 Å². The SMILES string of the molecule is C=CCNC(=NCCCc1nn(-c2ccc(F)cc2)c(N)c1C#N)NCC. The Morgan fingerprint density at radius 3 is 2.78 bits per heavy atom. The van der Waals surface area contributed by atoms with Crippen LogP contribution >= 0.6 is 0 Å². The Labute approximate surface area is 158 Å². The van der Waals surface area contributed by atoms with Crippen LogP contribution in [0.2, 0.25) is 0 Å². The molecule has 142 valence electrons. The number of hydrogen-bond acceptors (Lipinski definition) is 4. The normalized spacial score (nSPS) is 11.1. The first kappa shape index (κ1) is 20.0. The van der Waals surface area contributed by atoms with Crippen molar-refractivity contribution in [3.05, 3.63) is 54.0 Å². The summed E-state index contributed by atoms with van der Waals surface area (Å²) in [6, 6.07) is 7.91. The van der Waals surface area contributed by atoms with E-state index in [0.717, 1.165) is 6.54 Å². The van der Waals surface area contributed by atoms with E-state index in [1.165, 1.54) is 16.8 Å². The molecule has 1 aromatic carbocycles. The van der Waals surface area contributed by atoms with Gasteiger partial charge in [-0.15, -0.1) is 6.58 Å². The van der Waals surface area contributed by atoms with E-state index >= 15 is 0 Å². The first-order valence-corrected chi connectivity index (χ1v) is 8.77. The Hall–Kier alpha value is -3.34. The molecule has 0 saturated carbocycles. The highest BCUT2D eigenvalue weighted by Gasteiger charge is 2.16. The molecule has 0 fully saturated rings. The van der Waals surface area contributed by atoms with Gasteiger partial charge in [-0.05, 0) is 44.0 Å². The highest BCUT2D eigenvalue weighted by atomic mass is 19.1. The summed E-state index contributed by atoms with van der Waals surface area (Å²) in [5, 5.41) is 20.1. The molecule has 0 bridgehead atoms. The van der Waals surface area contributed by atoms with Crippen LogP contribution in [0.1, 0.15) is 24.6 Å². The molecule has 0 amide bonds. The second-order valence-electron chi connectivity index (χ2n) is 5.74. The maximum absolute atomic E-state index is 13.1. The number of anilines is 1. The van der Waals surface area contributed by atoms with E-state index in [4.69, 9.17) is 5.73 Å². The van der Waals surface area contributed by atoms with Gasteiger partial charge < -0.3 is 16.4 Å². The number of aryl methyl sites for hydroxylation is 1. The van der Waals surface area contributed by atoms with Gasteiger partial charge in [0.2, 0.25) is 0 Å². The number of halogens is 1. The van der Waals surface area contributed by atoms with Crippen molar-refractivity contribution in [3.8, 4) is 11.8 Å². The average molecular weight is 369 g/mol. The van der Waals surface area contributed by atoms with Crippen molar-refractivity contribution in [1.29, 1.82) is 5.26 Å². The molecule has 0 aliphatic carbocycles. The largest absolute Gasteiger partial charge is 0.382 e. The number of aliphatic imine (C=N–C) groups is 1. The molecule has 1 heterocycles. The van der Waals surface area contributed by atoms with Crippen LogP contribution in [0.5, 0.6) is 0 Å². The molecular weight excluding hydrogens is 345 g/mol. The van der Waals surface area contributed by atoms with Gasteiger partial charge >= 0.3 is 0 Å². The summed E-state index contributed by atoms with van der Waals surface area (Å²) < 4.78 is 14.6. The molecule has 0 saturated heterocycles. The molecule has 1 aromatic heterocycles. The number of nitrogens with two attached hydrogens (primary N) is 1. The molecule has 0 aliphatic heterocycles. The summed E-state index contributed by atoms with van der Waals surface area (Å²) in [5.74, 6) is 0.627. The zero-order chi connectivity index (χ0) is 19.6. The third-order valence-electron chi connectivity index (χ3n) is 3.78. The lowest BCUT2D eigenvalue weighted by Crippen LogP contribution is -2.37. The molecular formula is C19H24FN7. The monoisotopic (exact) mass is 369 g/mol. The lowest BCUT2D eigenvalue weighted by atomic mass is 10.1. The minimum Gasteiger partial charge on any atom is -0.382 e. The maximum atomic E-state index is 13.1. The predicted molar refractivity (Wildman–Crippen MR) is 105 cm³/mol. The summed E-state index contributed by atoms with van der Waals surface area (Å²) in [4.78, 5) is 4.47. The molecule has 0 atom stereocenters. The highest BCUT2D eigenvalue weighted by Crippen LogP contribution is 2.21. The van der Waals surface area contributed by atoms with Crippen molar-refractivity contribution in [2.24, 2.45) is 4.99 Å². The van der Waals surface area contributed by atoms with Gasteiger partial charge in [0.05, 0.1) is 11.4 Å². The van der Waals surface area contributed by atoms with Crippen molar-refractivity contribution in [3.63, 3.8) is 0 Å². The first-order chi connectivity index (χ1) is 13.1. The van der Waals surface area contributed by atoms with Crippen LogP contribution in [-0.4, -0.2) is 35.4 Å². The minimum absolute atomic E-state index is 0.253. The van der Waals surface area contributed by atoms with Crippen molar-refractivity contribution in [1.82, 2.24) is 20.4 Å². The molecule has 0 radical (unpaired) electrons. The third-order valence-corrected chi connectivity index (χ3v) is 3.78. The van der Waals surface area contributed by atoms with Crippen LogP contribution < -0.4 is 16.4 Å². The summed E-state index contributed by atoms with van der Waals surface area (Å²) in [5.41, 5.74) is 7.62. The number of rotatable bonds is 8. The summed E-state index contributed by atoms with van der Waals surface area (Å²) in [6.45, 7) is 7.63.